The lowest BCUT2D eigenvalue weighted by Crippen LogP contribution is -2.40. The van der Waals surface area contributed by atoms with Crippen molar-refractivity contribution in [1.29, 1.82) is 0 Å². The Kier molecular flexibility index (Phi) is 8.04. The summed E-state index contributed by atoms with van der Waals surface area (Å²) in [7, 11) is -4.05. The van der Waals surface area contributed by atoms with E-state index in [1.807, 2.05) is 32.0 Å². The quantitative estimate of drug-likeness (QED) is 0.226. The van der Waals surface area contributed by atoms with E-state index < -0.39 is 22.5 Å². The van der Waals surface area contributed by atoms with E-state index in [9.17, 15) is 13.2 Å². The molecule has 0 saturated heterocycles. The van der Waals surface area contributed by atoms with Gasteiger partial charge in [0, 0.05) is 27.7 Å². The molecule has 0 aliphatic heterocycles. The molecule has 196 valence electrons. The van der Waals surface area contributed by atoms with Crippen molar-refractivity contribution >= 4 is 39.4 Å². The Hall–Kier alpha value is -3.88. The number of nitrogens with one attached hydrogen (secondary N) is 1. The molecule has 4 rings (SSSR count). The van der Waals surface area contributed by atoms with E-state index in [-0.39, 0.29) is 4.90 Å². The fraction of sp³-hybridized carbons (Fsp3) is 0.172. The Morgan fingerprint density at radius 3 is 2.34 bits per heavy atom. The first kappa shape index (κ1) is 27.2. The molecular formula is C29H29ClN4O3S. The van der Waals surface area contributed by atoms with Crippen LogP contribution in [-0.4, -0.2) is 31.7 Å². The number of para-hydroxylation sites is 1. The summed E-state index contributed by atoms with van der Waals surface area (Å²) in [5.74, 6) is -0.590. The predicted molar refractivity (Wildman–Crippen MR) is 153 cm³/mol. The highest BCUT2D eigenvalue weighted by molar-refractivity contribution is 7.92. The SMILES string of the molecule is Cc1ccc(Cl)cc1N(CC(=O)N/N=C/c1cc(C)n(-c2ccccc2C)c1C)S(=O)(=O)c1ccccc1. The molecule has 0 aliphatic carbocycles. The number of anilines is 1. The van der Waals surface area contributed by atoms with Gasteiger partial charge in [0.2, 0.25) is 0 Å². The van der Waals surface area contributed by atoms with Crippen molar-refractivity contribution in [1.82, 2.24) is 9.99 Å². The van der Waals surface area contributed by atoms with E-state index in [0.717, 1.165) is 32.5 Å². The van der Waals surface area contributed by atoms with Crippen LogP contribution in [0.5, 0.6) is 0 Å². The van der Waals surface area contributed by atoms with Gasteiger partial charge in [-0.05, 0) is 75.2 Å². The Morgan fingerprint density at radius 2 is 1.63 bits per heavy atom. The zero-order valence-electron chi connectivity index (χ0n) is 21.6. The molecule has 7 nitrogen and oxygen atoms in total. The molecule has 0 atom stereocenters. The van der Waals surface area contributed by atoms with Gasteiger partial charge in [-0.1, -0.05) is 54.1 Å². The number of rotatable bonds is 8. The molecule has 0 bridgehead atoms. The Labute approximate surface area is 228 Å². The lowest BCUT2D eigenvalue weighted by molar-refractivity contribution is -0.119. The van der Waals surface area contributed by atoms with Gasteiger partial charge in [0.05, 0.1) is 16.8 Å². The van der Waals surface area contributed by atoms with Crippen LogP contribution in [0.3, 0.4) is 0 Å². The average molecular weight is 549 g/mol. The maximum atomic E-state index is 13.5. The highest BCUT2D eigenvalue weighted by Crippen LogP contribution is 2.29. The number of halogens is 1. The van der Waals surface area contributed by atoms with Gasteiger partial charge in [-0.25, -0.2) is 13.8 Å². The standard InChI is InChI=1S/C29H29ClN4O3S/c1-20-10-8-9-13-27(20)34-22(3)16-24(23(34)4)18-31-32-29(35)19-33(28-17-25(30)15-14-21(28)2)38(36,37)26-11-6-5-7-12-26/h5-18H,19H2,1-4H3,(H,32,35)/b31-18+. The number of amides is 1. The van der Waals surface area contributed by atoms with E-state index in [4.69, 9.17) is 11.6 Å². The number of carbonyl (C=O) groups excluding carboxylic acids is 1. The van der Waals surface area contributed by atoms with Crippen molar-refractivity contribution in [3.8, 4) is 5.69 Å². The lowest BCUT2D eigenvalue weighted by Gasteiger charge is -2.25. The Morgan fingerprint density at radius 1 is 0.947 bits per heavy atom. The molecule has 0 spiro atoms. The van der Waals surface area contributed by atoms with Gasteiger partial charge in [-0.15, -0.1) is 0 Å². The molecule has 1 heterocycles. The molecular weight excluding hydrogens is 520 g/mol. The number of aromatic nitrogens is 1. The minimum atomic E-state index is -4.05. The second kappa shape index (κ2) is 11.2. The number of nitrogens with zero attached hydrogens (tertiary/aromatic N) is 3. The highest BCUT2D eigenvalue weighted by atomic mass is 35.5. The molecule has 4 aromatic rings. The molecule has 38 heavy (non-hydrogen) atoms. The predicted octanol–water partition coefficient (Wildman–Crippen LogP) is 5.71. The largest absolute Gasteiger partial charge is 0.318 e. The van der Waals surface area contributed by atoms with Crippen LogP contribution >= 0.6 is 11.6 Å². The van der Waals surface area contributed by atoms with Crippen LogP contribution in [0.15, 0.2) is 88.9 Å². The first-order valence-corrected chi connectivity index (χ1v) is 13.8. The molecule has 0 radical (unpaired) electrons. The molecule has 0 saturated carbocycles. The lowest BCUT2D eigenvalue weighted by atomic mass is 10.2. The third kappa shape index (κ3) is 5.66. The van der Waals surface area contributed by atoms with Crippen molar-refractivity contribution in [2.75, 3.05) is 10.8 Å². The van der Waals surface area contributed by atoms with Gasteiger partial charge in [0.25, 0.3) is 15.9 Å². The summed E-state index contributed by atoms with van der Waals surface area (Å²) in [6, 6.07) is 23.0. The molecule has 1 N–H and O–H groups in total. The topological polar surface area (TPSA) is 83.8 Å². The molecule has 0 unspecified atom stereocenters. The first-order chi connectivity index (χ1) is 18.1. The van der Waals surface area contributed by atoms with E-state index in [0.29, 0.717) is 16.3 Å². The summed E-state index contributed by atoms with van der Waals surface area (Å²) in [4.78, 5) is 13.0. The minimum Gasteiger partial charge on any atom is -0.318 e. The van der Waals surface area contributed by atoms with Crippen molar-refractivity contribution in [3.63, 3.8) is 0 Å². The summed E-state index contributed by atoms with van der Waals surface area (Å²) in [6.45, 7) is 7.34. The van der Waals surface area contributed by atoms with Crippen LogP contribution in [0.4, 0.5) is 5.69 Å². The van der Waals surface area contributed by atoms with Gasteiger partial charge in [0.15, 0.2) is 0 Å². The van der Waals surface area contributed by atoms with E-state index in [1.165, 1.54) is 18.2 Å². The molecule has 0 fully saturated rings. The van der Waals surface area contributed by atoms with Gasteiger partial charge in [0.1, 0.15) is 6.54 Å². The first-order valence-electron chi connectivity index (χ1n) is 12.0. The van der Waals surface area contributed by atoms with Crippen LogP contribution < -0.4 is 9.73 Å². The monoisotopic (exact) mass is 548 g/mol. The summed E-state index contributed by atoms with van der Waals surface area (Å²) in [6.07, 6.45) is 1.57. The normalized spacial score (nSPS) is 11.6. The maximum Gasteiger partial charge on any atom is 0.264 e. The number of hydrogen-bond acceptors (Lipinski definition) is 4. The van der Waals surface area contributed by atoms with Crippen LogP contribution in [0, 0.1) is 27.7 Å². The summed E-state index contributed by atoms with van der Waals surface area (Å²) in [5, 5.41) is 4.49. The zero-order chi connectivity index (χ0) is 27.4. The summed E-state index contributed by atoms with van der Waals surface area (Å²) < 4.78 is 30.3. The van der Waals surface area contributed by atoms with Gasteiger partial charge in [-0.3, -0.25) is 9.10 Å². The average Bonchev–Trinajstić information content (AvgIpc) is 3.17. The maximum absolute atomic E-state index is 13.5. The summed E-state index contributed by atoms with van der Waals surface area (Å²) in [5.41, 5.74) is 8.51. The molecule has 9 heteroatoms. The van der Waals surface area contributed by atoms with Gasteiger partial charge < -0.3 is 4.57 Å². The number of hydrogen-bond donors (Lipinski definition) is 1. The highest BCUT2D eigenvalue weighted by Gasteiger charge is 2.28. The third-order valence-corrected chi connectivity index (χ3v) is 8.29. The van der Waals surface area contributed by atoms with Crippen LogP contribution in [-0.2, 0) is 14.8 Å². The molecule has 1 amide bonds. The Balaban J connectivity index is 1.58. The van der Waals surface area contributed by atoms with Crippen LogP contribution in [0.25, 0.3) is 5.69 Å². The van der Waals surface area contributed by atoms with E-state index >= 15 is 0 Å². The van der Waals surface area contributed by atoms with E-state index in [1.54, 1.807) is 43.5 Å². The van der Waals surface area contributed by atoms with E-state index in [2.05, 4.69) is 34.2 Å². The van der Waals surface area contributed by atoms with Gasteiger partial charge in [-0.2, -0.15) is 5.10 Å². The number of aryl methyl sites for hydroxylation is 3. The zero-order valence-corrected chi connectivity index (χ0v) is 23.2. The third-order valence-electron chi connectivity index (χ3n) is 6.28. The van der Waals surface area contributed by atoms with Crippen molar-refractivity contribution in [2.24, 2.45) is 5.10 Å². The van der Waals surface area contributed by atoms with Crippen molar-refractivity contribution < 1.29 is 13.2 Å². The van der Waals surface area contributed by atoms with Crippen LogP contribution in [0.1, 0.15) is 28.1 Å². The fourth-order valence-corrected chi connectivity index (χ4v) is 5.98. The van der Waals surface area contributed by atoms with Gasteiger partial charge >= 0.3 is 0 Å². The second-order valence-corrected chi connectivity index (χ2v) is 11.3. The number of hydrazone groups is 1. The number of benzene rings is 3. The molecule has 1 aromatic heterocycles. The van der Waals surface area contributed by atoms with Crippen molar-refractivity contribution in [2.45, 2.75) is 32.6 Å². The van der Waals surface area contributed by atoms with Crippen molar-refractivity contribution in [3.05, 3.63) is 112 Å². The Bertz CT molecular complexity index is 1610. The number of carbonyl (C=O) groups is 1. The summed E-state index contributed by atoms with van der Waals surface area (Å²) >= 11 is 6.18. The smallest absolute Gasteiger partial charge is 0.264 e. The van der Waals surface area contributed by atoms with Crippen LogP contribution in [0.2, 0.25) is 5.02 Å². The second-order valence-electron chi connectivity index (χ2n) is 9.00. The fourth-order valence-electron chi connectivity index (χ4n) is 4.31. The molecule has 0 aliphatic rings. The minimum absolute atomic E-state index is 0.0688. The molecule has 3 aromatic carbocycles. The number of sulfonamides is 1.